The third-order valence-corrected chi connectivity index (χ3v) is 6.13. The molecule has 0 aliphatic heterocycles. The number of carbonyl (C=O) groups is 1. The predicted octanol–water partition coefficient (Wildman–Crippen LogP) is 6.10. The smallest absolute Gasteiger partial charge is 0.308 e. The lowest BCUT2D eigenvalue weighted by molar-refractivity contribution is -0.384. The molecule has 0 saturated heterocycles. The number of hydrogen-bond acceptors (Lipinski definition) is 7. The SMILES string of the molecule is O=C(Nc1ccc2nc(-c3ccccc3)c(-c3ccccc3)nc2c1)Nc1nncn1-c1ccc([N+](=O)[O-])cc1. The minimum atomic E-state index is -0.548. The third kappa shape index (κ3) is 4.94. The molecule has 40 heavy (non-hydrogen) atoms. The molecule has 6 aromatic rings. The lowest BCUT2D eigenvalue weighted by atomic mass is 10.0. The Bertz CT molecular complexity index is 1840. The van der Waals surface area contributed by atoms with Gasteiger partial charge in [-0.25, -0.2) is 14.8 Å². The van der Waals surface area contributed by atoms with Gasteiger partial charge in [0.1, 0.15) is 6.33 Å². The minimum Gasteiger partial charge on any atom is -0.308 e. The molecular formula is C29H20N8O3. The molecule has 11 heteroatoms. The van der Waals surface area contributed by atoms with E-state index in [1.54, 1.807) is 30.3 Å². The van der Waals surface area contributed by atoms with Gasteiger partial charge in [0.2, 0.25) is 5.95 Å². The van der Waals surface area contributed by atoms with Gasteiger partial charge in [0.25, 0.3) is 5.69 Å². The zero-order valence-electron chi connectivity index (χ0n) is 20.8. The molecule has 0 aliphatic rings. The molecule has 4 aromatic carbocycles. The minimum absolute atomic E-state index is 0.0465. The first-order valence-corrected chi connectivity index (χ1v) is 12.2. The number of urea groups is 1. The van der Waals surface area contributed by atoms with Gasteiger partial charge in [0.15, 0.2) is 0 Å². The van der Waals surface area contributed by atoms with E-state index in [-0.39, 0.29) is 11.6 Å². The Balaban J connectivity index is 1.27. The van der Waals surface area contributed by atoms with E-state index < -0.39 is 11.0 Å². The molecule has 0 spiro atoms. The van der Waals surface area contributed by atoms with Crippen molar-refractivity contribution >= 4 is 34.4 Å². The van der Waals surface area contributed by atoms with Crippen LogP contribution < -0.4 is 10.6 Å². The molecule has 11 nitrogen and oxygen atoms in total. The third-order valence-electron chi connectivity index (χ3n) is 6.13. The molecule has 0 radical (unpaired) electrons. The maximum Gasteiger partial charge on any atom is 0.326 e. The Kier molecular flexibility index (Phi) is 6.35. The number of nitrogens with one attached hydrogen (secondary N) is 2. The second-order valence-electron chi connectivity index (χ2n) is 8.73. The van der Waals surface area contributed by atoms with Crippen LogP contribution in [0.25, 0.3) is 39.2 Å². The van der Waals surface area contributed by atoms with Crippen LogP contribution in [0, 0.1) is 10.1 Å². The summed E-state index contributed by atoms with van der Waals surface area (Å²) in [7, 11) is 0. The Morgan fingerprint density at radius 3 is 2.00 bits per heavy atom. The number of anilines is 2. The number of fused-ring (bicyclic) bond motifs is 1. The number of nitro benzene ring substituents is 1. The summed E-state index contributed by atoms with van der Waals surface area (Å²) in [6.07, 6.45) is 1.40. The summed E-state index contributed by atoms with van der Waals surface area (Å²) in [5.74, 6) is 0.144. The summed E-state index contributed by atoms with van der Waals surface area (Å²) in [4.78, 5) is 33.1. The second kappa shape index (κ2) is 10.4. The Morgan fingerprint density at radius 2 is 1.38 bits per heavy atom. The van der Waals surface area contributed by atoms with Crippen molar-refractivity contribution in [1.82, 2.24) is 24.7 Å². The number of aromatic nitrogens is 5. The van der Waals surface area contributed by atoms with E-state index in [2.05, 4.69) is 20.8 Å². The quantitative estimate of drug-likeness (QED) is 0.197. The summed E-state index contributed by atoms with van der Waals surface area (Å²) in [6.45, 7) is 0. The van der Waals surface area contributed by atoms with E-state index in [9.17, 15) is 14.9 Å². The number of carbonyl (C=O) groups excluding carboxylic acids is 1. The van der Waals surface area contributed by atoms with Gasteiger partial charge in [0.05, 0.1) is 33.0 Å². The summed E-state index contributed by atoms with van der Waals surface area (Å²) in [5.41, 5.74) is 5.69. The highest BCUT2D eigenvalue weighted by Gasteiger charge is 2.15. The zero-order chi connectivity index (χ0) is 27.5. The molecule has 194 valence electrons. The Hall–Kier alpha value is -5.97. The second-order valence-corrected chi connectivity index (χ2v) is 8.73. The average molecular weight is 529 g/mol. The number of amides is 2. The average Bonchev–Trinajstić information content (AvgIpc) is 3.45. The number of benzene rings is 4. The van der Waals surface area contributed by atoms with E-state index >= 15 is 0 Å². The van der Waals surface area contributed by atoms with Crippen molar-refractivity contribution in [2.24, 2.45) is 0 Å². The van der Waals surface area contributed by atoms with Crippen molar-refractivity contribution in [2.45, 2.75) is 0 Å². The molecule has 0 atom stereocenters. The maximum atomic E-state index is 12.8. The van der Waals surface area contributed by atoms with Gasteiger partial charge in [-0.05, 0) is 30.3 Å². The normalized spacial score (nSPS) is 10.8. The van der Waals surface area contributed by atoms with Crippen LogP contribution in [0.1, 0.15) is 0 Å². The highest BCUT2D eigenvalue weighted by atomic mass is 16.6. The monoisotopic (exact) mass is 528 g/mol. The first-order chi connectivity index (χ1) is 19.5. The Morgan fingerprint density at radius 1 is 0.750 bits per heavy atom. The highest BCUT2D eigenvalue weighted by Crippen LogP contribution is 2.31. The summed E-state index contributed by atoms with van der Waals surface area (Å²) in [6, 6.07) is 30.3. The summed E-state index contributed by atoms with van der Waals surface area (Å²) >= 11 is 0. The molecule has 0 bridgehead atoms. The van der Waals surface area contributed by atoms with Gasteiger partial charge in [-0.2, -0.15) is 0 Å². The van der Waals surface area contributed by atoms with Gasteiger partial charge in [-0.3, -0.25) is 20.0 Å². The summed E-state index contributed by atoms with van der Waals surface area (Å²) in [5, 5.41) is 24.2. The van der Waals surface area contributed by atoms with Crippen LogP contribution in [0.5, 0.6) is 0 Å². The fraction of sp³-hybridized carbons (Fsp3) is 0. The van der Waals surface area contributed by atoms with E-state index in [0.29, 0.717) is 22.4 Å². The van der Waals surface area contributed by atoms with Crippen molar-refractivity contribution in [2.75, 3.05) is 10.6 Å². The van der Waals surface area contributed by atoms with Crippen LogP contribution in [0.3, 0.4) is 0 Å². The van der Waals surface area contributed by atoms with Crippen molar-refractivity contribution < 1.29 is 9.72 Å². The van der Waals surface area contributed by atoms with E-state index in [4.69, 9.17) is 9.97 Å². The maximum absolute atomic E-state index is 12.8. The molecule has 0 unspecified atom stereocenters. The predicted molar refractivity (Wildman–Crippen MR) is 151 cm³/mol. The van der Waals surface area contributed by atoms with Crippen LogP contribution in [0.15, 0.2) is 109 Å². The standard InChI is InChI=1S/C29H20N8O3/c38-29(34-28-35-30-18-36(28)22-12-14-23(15-13-22)37(39)40)31-21-11-16-24-25(17-21)33-27(20-9-5-2-6-10-20)26(32-24)19-7-3-1-4-8-19/h1-18H,(H2,31,34,35,38). The molecule has 2 aromatic heterocycles. The van der Waals surface area contributed by atoms with E-state index in [1.807, 2.05) is 60.7 Å². The van der Waals surface area contributed by atoms with E-state index in [0.717, 1.165) is 22.5 Å². The number of rotatable bonds is 6. The van der Waals surface area contributed by atoms with Crippen LogP contribution >= 0.6 is 0 Å². The first kappa shape index (κ1) is 24.4. The van der Waals surface area contributed by atoms with Crippen LogP contribution in [0.2, 0.25) is 0 Å². The molecule has 0 saturated carbocycles. The fourth-order valence-electron chi connectivity index (χ4n) is 4.23. The molecule has 2 heterocycles. The topological polar surface area (TPSA) is 141 Å². The Labute approximate surface area is 227 Å². The van der Waals surface area contributed by atoms with Gasteiger partial charge < -0.3 is 5.32 Å². The van der Waals surface area contributed by atoms with Crippen LogP contribution in [0.4, 0.5) is 22.1 Å². The first-order valence-electron chi connectivity index (χ1n) is 12.2. The molecule has 0 fully saturated rings. The highest BCUT2D eigenvalue weighted by molar-refractivity contribution is 6.00. The summed E-state index contributed by atoms with van der Waals surface area (Å²) < 4.78 is 1.51. The fourth-order valence-corrected chi connectivity index (χ4v) is 4.23. The van der Waals surface area contributed by atoms with Crippen molar-refractivity contribution in [3.8, 4) is 28.2 Å². The molecule has 6 rings (SSSR count). The number of hydrogen-bond donors (Lipinski definition) is 2. The number of non-ortho nitro benzene ring substituents is 1. The van der Waals surface area contributed by atoms with E-state index in [1.165, 1.54) is 23.0 Å². The number of nitrogens with zero attached hydrogens (tertiary/aromatic N) is 6. The zero-order valence-corrected chi connectivity index (χ0v) is 20.8. The molecule has 2 amide bonds. The van der Waals surface area contributed by atoms with Gasteiger partial charge in [-0.1, -0.05) is 60.7 Å². The molecule has 0 aliphatic carbocycles. The van der Waals surface area contributed by atoms with Crippen molar-refractivity contribution in [3.63, 3.8) is 0 Å². The van der Waals surface area contributed by atoms with Crippen LogP contribution in [-0.2, 0) is 0 Å². The van der Waals surface area contributed by atoms with Gasteiger partial charge in [-0.15, -0.1) is 10.2 Å². The number of nitro groups is 1. The molecule has 2 N–H and O–H groups in total. The molecular weight excluding hydrogens is 508 g/mol. The van der Waals surface area contributed by atoms with Gasteiger partial charge >= 0.3 is 6.03 Å². The van der Waals surface area contributed by atoms with Crippen molar-refractivity contribution in [3.05, 3.63) is 120 Å². The van der Waals surface area contributed by atoms with Gasteiger partial charge in [0, 0.05) is 28.9 Å². The largest absolute Gasteiger partial charge is 0.326 e. The van der Waals surface area contributed by atoms with Crippen molar-refractivity contribution in [1.29, 1.82) is 0 Å². The van der Waals surface area contributed by atoms with Crippen LogP contribution in [-0.4, -0.2) is 35.7 Å². The lowest BCUT2D eigenvalue weighted by Gasteiger charge is -2.12. The lowest BCUT2D eigenvalue weighted by Crippen LogP contribution is -2.21.